The maximum atomic E-state index is 12.2. The summed E-state index contributed by atoms with van der Waals surface area (Å²) in [5.74, 6) is 1.01. The highest BCUT2D eigenvalue weighted by molar-refractivity contribution is 5.92. The van der Waals surface area contributed by atoms with E-state index in [1.54, 1.807) is 28.8 Å². The van der Waals surface area contributed by atoms with Crippen molar-refractivity contribution in [1.29, 1.82) is 0 Å². The first-order valence-electron chi connectivity index (χ1n) is 10.4. The first kappa shape index (κ1) is 21.9. The number of aryl methyl sites for hydroxylation is 2. The van der Waals surface area contributed by atoms with Crippen LogP contribution in [0.2, 0.25) is 0 Å². The van der Waals surface area contributed by atoms with E-state index in [9.17, 15) is 9.59 Å². The van der Waals surface area contributed by atoms with E-state index in [1.807, 2.05) is 44.2 Å². The van der Waals surface area contributed by atoms with E-state index >= 15 is 0 Å². The van der Waals surface area contributed by atoms with Crippen molar-refractivity contribution in [3.8, 4) is 11.5 Å². The Morgan fingerprint density at radius 1 is 1.00 bits per heavy atom. The molecule has 0 aliphatic heterocycles. The zero-order valence-corrected chi connectivity index (χ0v) is 18.3. The Kier molecular flexibility index (Phi) is 6.58. The monoisotopic (exact) mass is 445 g/mol. The fraction of sp³-hybridized carbons (Fsp3) is 0.208. The molecular formula is C24H23N5O4. The average molecular weight is 445 g/mol. The lowest BCUT2D eigenvalue weighted by Crippen LogP contribution is -2.21. The Morgan fingerprint density at radius 2 is 1.73 bits per heavy atom. The number of para-hydroxylation sites is 1. The smallest absolute Gasteiger partial charge is 0.306 e. The van der Waals surface area contributed by atoms with Crippen LogP contribution in [-0.4, -0.2) is 38.1 Å². The molecule has 2 heterocycles. The predicted octanol–water partition coefficient (Wildman–Crippen LogP) is 3.65. The van der Waals surface area contributed by atoms with Crippen LogP contribution < -0.4 is 10.1 Å². The Bertz CT molecular complexity index is 1270. The number of hydrogen-bond donors (Lipinski definition) is 1. The highest BCUT2D eigenvalue weighted by Gasteiger charge is 2.14. The molecular weight excluding hydrogens is 422 g/mol. The van der Waals surface area contributed by atoms with Gasteiger partial charge in [0.1, 0.15) is 17.8 Å². The van der Waals surface area contributed by atoms with Crippen LogP contribution in [0.4, 0.5) is 5.69 Å². The van der Waals surface area contributed by atoms with Gasteiger partial charge in [-0.15, -0.1) is 0 Å². The van der Waals surface area contributed by atoms with Gasteiger partial charge in [-0.2, -0.15) is 10.1 Å². The Morgan fingerprint density at radius 3 is 2.48 bits per heavy atom. The number of aromatic nitrogens is 4. The van der Waals surface area contributed by atoms with Crippen LogP contribution >= 0.6 is 0 Å². The zero-order chi connectivity index (χ0) is 23.2. The lowest BCUT2D eigenvalue weighted by Gasteiger charge is -2.11. The van der Waals surface area contributed by atoms with Gasteiger partial charge in [0.15, 0.2) is 6.61 Å². The van der Waals surface area contributed by atoms with Crippen molar-refractivity contribution < 1.29 is 19.1 Å². The minimum absolute atomic E-state index is 0.127. The van der Waals surface area contributed by atoms with Crippen molar-refractivity contribution in [1.82, 2.24) is 19.6 Å². The molecule has 168 valence electrons. The topological polar surface area (TPSA) is 108 Å². The molecule has 33 heavy (non-hydrogen) atoms. The maximum Gasteiger partial charge on any atom is 0.306 e. The largest absolute Gasteiger partial charge is 0.457 e. The van der Waals surface area contributed by atoms with Gasteiger partial charge in [-0.1, -0.05) is 18.2 Å². The Balaban J connectivity index is 1.24. The van der Waals surface area contributed by atoms with Gasteiger partial charge in [0, 0.05) is 23.5 Å². The third-order valence-electron chi connectivity index (χ3n) is 5.05. The third-order valence-corrected chi connectivity index (χ3v) is 5.05. The summed E-state index contributed by atoms with van der Waals surface area (Å²) in [6.07, 6.45) is 2.00. The van der Waals surface area contributed by atoms with Gasteiger partial charge in [-0.25, -0.2) is 9.50 Å². The number of rotatable bonds is 8. The number of esters is 1. The molecule has 1 amide bonds. The minimum Gasteiger partial charge on any atom is -0.457 e. The molecule has 0 atom stereocenters. The second-order valence-electron chi connectivity index (χ2n) is 7.38. The van der Waals surface area contributed by atoms with Crippen LogP contribution in [-0.2, 0) is 20.7 Å². The summed E-state index contributed by atoms with van der Waals surface area (Å²) in [5.41, 5.74) is 3.15. The van der Waals surface area contributed by atoms with Gasteiger partial charge < -0.3 is 14.8 Å². The number of benzene rings is 2. The van der Waals surface area contributed by atoms with Crippen LogP contribution in [0.15, 0.2) is 60.9 Å². The molecule has 1 N–H and O–H groups in total. The van der Waals surface area contributed by atoms with Crippen LogP contribution in [0.25, 0.3) is 5.78 Å². The van der Waals surface area contributed by atoms with E-state index in [1.165, 1.54) is 6.33 Å². The number of nitrogens with one attached hydrogen (secondary N) is 1. The van der Waals surface area contributed by atoms with E-state index in [-0.39, 0.29) is 13.0 Å². The summed E-state index contributed by atoms with van der Waals surface area (Å²) in [6.45, 7) is 3.41. The third kappa shape index (κ3) is 5.51. The second kappa shape index (κ2) is 9.90. The quantitative estimate of drug-likeness (QED) is 0.413. The SMILES string of the molecule is Cc1nc2ncnn2c(C)c1CCC(=O)OCC(=O)Nc1ccc(Oc2ccccc2)cc1. The number of carbonyl (C=O) groups excluding carboxylic acids is 2. The lowest BCUT2D eigenvalue weighted by molar-refractivity contribution is -0.147. The number of fused-ring (bicyclic) bond motifs is 1. The number of anilines is 1. The van der Waals surface area contributed by atoms with Gasteiger partial charge in [0.05, 0.1) is 0 Å². The molecule has 9 nitrogen and oxygen atoms in total. The molecule has 0 saturated carbocycles. The number of amides is 1. The first-order chi connectivity index (χ1) is 16.0. The highest BCUT2D eigenvalue weighted by Crippen LogP contribution is 2.22. The minimum atomic E-state index is -0.464. The molecule has 4 aromatic rings. The average Bonchev–Trinajstić information content (AvgIpc) is 3.28. The van der Waals surface area contributed by atoms with Crippen molar-refractivity contribution >= 4 is 23.3 Å². The molecule has 0 bridgehead atoms. The fourth-order valence-corrected chi connectivity index (χ4v) is 3.39. The van der Waals surface area contributed by atoms with Crippen LogP contribution in [0.5, 0.6) is 11.5 Å². The molecule has 0 aliphatic carbocycles. The van der Waals surface area contributed by atoms with Gasteiger partial charge in [-0.05, 0) is 62.2 Å². The van der Waals surface area contributed by atoms with E-state index in [4.69, 9.17) is 9.47 Å². The summed E-state index contributed by atoms with van der Waals surface area (Å²) in [4.78, 5) is 32.8. The van der Waals surface area contributed by atoms with Crippen molar-refractivity contribution in [3.05, 3.63) is 77.9 Å². The summed E-state index contributed by atoms with van der Waals surface area (Å²) in [5, 5.41) is 6.84. The van der Waals surface area contributed by atoms with Crippen molar-refractivity contribution in [2.24, 2.45) is 0 Å². The summed E-state index contributed by atoms with van der Waals surface area (Å²) >= 11 is 0. The molecule has 2 aromatic carbocycles. The molecule has 2 aromatic heterocycles. The number of nitrogens with zero attached hydrogens (tertiary/aromatic N) is 4. The van der Waals surface area contributed by atoms with Crippen LogP contribution in [0.3, 0.4) is 0 Å². The molecule has 0 radical (unpaired) electrons. The molecule has 0 spiro atoms. The number of hydrogen-bond acceptors (Lipinski definition) is 7. The summed E-state index contributed by atoms with van der Waals surface area (Å²) in [7, 11) is 0. The molecule has 4 rings (SSSR count). The molecule has 0 fully saturated rings. The van der Waals surface area contributed by atoms with E-state index < -0.39 is 11.9 Å². The normalized spacial score (nSPS) is 10.7. The van der Waals surface area contributed by atoms with E-state index in [2.05, 4.69) is 20.4 Å². The molecule has 0 saturated heterocycles. The van der Waals surface area contributed by atoms with Gasteiger partial charge in [0.25, 0.3) is 11.7 Å². The predicted molar refractivity (Wildman–Crippen MR) is 121 cm³/mol. The first-order valence-corrected chi connectivity index (χ1v) is 10.4. The summed E-state index contributed by atoms with van der Waals surface area (Å²) in [6, 6.07) is 16.3. The zero-order valence-electron chi connectivity index (χ0n) is 18.3. The molecule has 0 aliphatic rings. The molecule has 9 heteroatoms. The highest BCUT2D eigenvalue weighted by atomic mass is 16.5. The summed E-state index contributed by atoms with van der Waals surface area (Å²) < 4.78 is 12.5. The second-order valence-corrected chi connectivity index (χ2v) is 7.38. The fourth-order valence-electron chi connectivity index (χ4n) is 3.39. The van der Waals surface area contributed by atoms with Gasteiger partial charge in [-0.3, -0.25) is 9.59 Å². The standard InChI is InChI=1S/C24H23N5O4/c1-16-21(17(2)29-24(27-16)25-15-26-29)12-13-23(31)32-14-22(30)28-18-8-10-20(11-9-18)33-19-6-4-3-5-7-19/h3-11,15H,12-14H2,1-2H3,(H,28,30). The van der Waals surface area contributed by atoms with E-state index in [0.29, 0.717) is 23.6 Å². The van der Waals surface area contributed by atoms with Crippen molar-refractivity contribution in [3.63, 3.8) is 0 Å². The lowest BCUT2D eigenvalue weighted by atomic mass is 10.1. The number of carbonyl (C=O) groups is 2. The van der Waals surface area contributed by atoms with Gasteiger partial charge >= 0.3 is 5.97 Å². The maximum absolute atomic E-state index is 12.2. The number of ether oxygens (including phenoxy) is 2. The van der Waals surface area contributed by atoms with Crippen molar-refractivity contribution in [2.75, 3.05) is 11.9 Å². The van der Waals surface area contributed by atoms with Crippen molar-refractivity contribution in [2.45, 2.75) is 26.7 Å². The van der Waals surface area contributed by atoms with E-state index in [0.717, 1.165) is 22.7 Å². The van der Waals surface area contributed by atoms with Gasteiger partial charge in [0.2, 0.25) is 0 Å². The van der Waals surface area contributed by atoms with Crippen LogP contribution in [0.1, 0.15) is 23.4 Å². The Hall–Kier alpha value is -4.27. The van der Waals surface area contributed by atoms with Crippen LogP contribution in [0, 0.1) is 13.8 Å². The molecule has 0 unspecified atom stereocenters. The Labute approximate surface area is 190 Å².